The van der Waals surface area contributed by atoms with Crippen LogP contribution in [0.25, 0.3) is 0 Å². The van der Waals surface area contributed by atoms with E-state index in [1.807, 2.05) is 37.4 Å². The summed E-state index contributed by atoms with van der Waals surface area (Å²) < 4.78 is 6.01. The van der Waals surface area contributed by atoms with Gasteiger partial charge < -0.3 is 10.1 Å². The summed E-state index contributed by atoms with van der Waals surface area (Å²) in [6.45, 7) is 3.51. The molecule has 0 saturated heterocycles. The number of hydrogen-bond acceptors (Lipinski definition) is 4. The fraction of sp³-hybridized carbons (Fsp3) is 0.222. The van der Waals surface area contributed by atoms with Crippen molar-refractivity contribution >= 4 is 45.3 Å². The summed E-state index contributed by atoms with van der Waals surface area (Å²) in [5, 5.41) is 2.75. The monoisotopic (exact) mass is 407 g/mol. The molecule has 2 aromatic carbocycles. The molecule has 0 aliphatic rings. The lowest BCUT2D eigenvalue weighted by Gasteiger charge is -2.14. The SMILES string of the molecule is CSc1ccc(C(=O)O[C@@H](C)C(=O)Nc2ccc(C)cc2Br)cc1. The van der Waals surface area contributed by atoms with E-state index in [-0.39, 0.29) is 5.91 Å². The molecule has 1 amide bonds. The van der Waals surface area contributed by atoms with Crippen LogP contribution in [-0.2, 0) is 9.53 Å². The van der Waals surface area contributed by atoms with E-state index >= 15 is 0 Å². The first-order chi connectivity index (χ1) is 11.4. The molecule has 24 heavy (non-hydrogen) atoms. The molecule has 0 aliphatic heterocycles. The second kappa shape index (κ2) is 8.35. The zero-order valence-corrected chi connectivity index (χ0v) is 16.0. The smallest absolute Gasteiger partial charge is 0.338 e. The number of hydrogen-bond donors (Lipinski definition) is 1. The second-order valence-electron chi connectivity index (χ2n) is 5.25. The predicted octanol–water partition coefficient (Wildman–Crippen LogP) is 4.66. The molecule has 0 aliphatic carbocycles. The van der Waals surface area contributed by atoms with Crippen molar-refractivity contribution in [2.75, 3.05) is 11.6 Å². The van der Waals surface area contributed by atoms with E-state index in [0.29, 0.717) is 11.3 Å². The summed E-state index contributed by atoms with van der Waals surface area (Å²) >= 11 is 4.99. The van der Waals surface area contributed by atoms with Crippen molar-refractivity contribution in [2.45, 2.75) is 24.8 Å². The molecule has 0 radical (unpaired) electrons. The molecule has 0 bridgehead atoms. The Kier molecular flexibility index (Phi) is 6.45. The van der Waals surface area contributed by atoms with Gasteiger partial charge in [-0.1, -0.05) is 6.07 Å². The Hall–Kier alpha value is -1.79. The van der Waals surface area contributed by atoms with Gasteiger partial charge in [0, 0.05) is 9.37 Å². The van der Waals surface area contributed by atoms with Gasteiger partial charge in [-0.2, -0.15) is 0 Å². The number of benzene rings is 2. The lowest BCUT2D eigenvalue weighted by atomic mass is 10.2. The van der Waals surface area contributed by atoms with Crippen LogP contribution in [0.2, 0.25) is 0 Å². The number of aryl methyl sites for hydroxylation is 1. The summed E-state index contributed by atoms with van der Waals surface area (Å²) in [5.74, 6) is -0.901. The van der Waals surface area contributed by atoms with Gasteiger partial charge in [-0.3, -0.25) is 4.79 Å². The topological polar surface area (TPSA) is 55.4 Å². The first-order valence-electron chi connectivity index (χ1n) is 7.32. The lowest BCUT2D eigenvalue weighted by Crippen LogP contribution is -2.30. The maximum absolute atomic E-state index is 12.2. The number of carbonyl (C=O) groups excluding carboxylic acids is 2. The van der Waals surface area contributed by atoms with Crippen molar-refractivity contribution < 1.29 is 14.3 Å². The fourth-order valence-electron chi connectivity index (χ4n) is 1.97. The third-order valence-electron chi connectivity index (χ3n) is 3.36. The average Bonchev–Trinajstić information content (AvgIpc) is 2.57. The first-order valence-corrected chi connectivity index (χ1v) is 9.34. The minimum absolute atomic E-state index is 0.381. The molecule has 4 nitrogen and oxygen atoms in total. The highest BCUT2D eigenvalue weighted by Gasteiger charge is 2.19. The molecular weight excluding hydrogens is 390 g/mol. The minimum Gasteiger partial charge on any atom is -0.449 e. The highest BCUT2D eigenvalue weighted by molar-refractivity contribution is 9.10. The average molecular weight is 408 g/mol. The molecule has 1 atom stereocenters. The zero-order chi connectivity index (χ0) is 17.7. The summed E-state index contributed by atoms with van der Waals surface area (Å²) in [4.78, 5) is 25.4. The number of carbonyl (C=O) groups is 2. The number of amides is 1. The number of ether oxygens (including phenoxy) is 1. The van der Waals surface area contributed by atoms with Crippen molar-refractivity contribution in [2.24, 2.45) is 0 Å². The fourth-order valence-corrected chi connectivity index (χ4v) is 2.97. The van der Waals surface area contributed by atoms with Crippen LogP contribution in [0.3, 0.4) is 0 Å². The van der Waals surface area contributed by atoms with Gasteiger partial charge in [-0.05, 0) is 78.0 Å². The Bertz CT molecular complexity index is 746. The van der Waals surface area contributed by atoms with Crippen molar-refractivity contribution in [1.82, 2.24) is 0 Å². The summed E-state index contributed by atoms with van der Waals surface area (Å²) in [5.41, 5.74) is 2.13. The third-order valence-corrected chi connectivity index (χ3v) is 4.76. The largest absolute Gasteiger partial charge is 0.449 e. The van der Waals surface area contributed by atoms with Gasteiger partial charge in [0.1, 0.15) is 0 Å². The van der Waals surface area contributed by atoms with Crippen LogP contribution < -0.4 is 5.32 Å². The van der Waals surface area contributed by atoms with Crippen molar-refractivity contribution in [1.29, 1.82) is 0 Å². The van der Waals surface area contributed by atoms with E-state index < -0.39 is 12.1 Å². The Morgan fingerprint density at radius 3 is 2.42 bits per heavy atom. The van der Waals surface area contributed by atoms with Crippen LogP contribution in [0.4, 0.5) is 5.69 Å². The van der Waals surface area contributed by atoms with Gasteiger partial charge in [0.15, 0.2) is 6.10 Å². The maximum Gasteiger partial charge on any atom is 0.338 e. The number of rotatable bonds is 5. The molecule has 0 aromatic heterocycles. The molecular formula is C18H18BrNO3S. The van der Waals surface area contributed by atoms with Crippen molar-refractivity contribution in [3.05, 3.63) is 58.1 Å². The van der Waals surface area contributed by atoms with Crippen LogP contribution in [0.15, 0.2) is 51.8 Å². The summed E-state index contributed by atoms with van der Waals surface area (Å²) in [6, 6.07) is 12.7. The van der Waals surface area contributed by atoms with Gasteiger partial charge in [-0.15, -0.1) is 11.8 Å². The van der Waals surface area contributed by atoms with Crippen LogP contribution in [0, 0.1) is 6.92 Å². The van der Waals surface area contributed by atoms with E-state index in [2.05, 4.69) is 21.2 Å². The predicted molar refractivity (Wildman–Crippen MR) is 101 cm³/mol. The number of anilines is 1. The van der Waals surface area contributed by atoms with Crippen molar-refractivity contribution in [3.63, 3.8) is 0 Å². The van der Waals surface area contributed by atoms with Gasteiger partial charge in [0.25, 0.3) is 5.91 Å². The van der Waals surface area contributed by atoms with Crippen molar-refractivity contribution in [3.8, 4) is 0 Å². The normalized spacial score (nSPS) is 11.7. The molecule has 0 fully saturated rings. The van der Waals surface area contributed by atoms with E-state index in [1.54, 1.807) is 36.9 Å². The molecule has 6 heteroatoms. The standard InChI is InChI=1S/C18H18BrNO3S/c1-11-4-9-16(15(19)10-11)20-17(21)12(2)23-18(22)13-5-7-14(24-3)8-6-13/h4-10,12H,1-3H3,(H,20,21)/t12-/m0/s1. The Balaban J connectivity index is 1.98. The Morgan fingerprint density at radius 2 is 1.83 bits per heavy atom. The van der Waals surface area contributed by atoms with Gasteiger partial charge in [-0.25, -0.2) is 4.79 Å². The quantitative estimate of drug-likeness (QED) is 0.578. The summed E-state index contributed by atoms with van der Waals surface area (Å²) in [6.07, 6.45) is 1.06. The summed E-state index contributed by atoms with van der Waals surface area (Å²) in [7, 11) is 0. The highest BCUT2D eigenvalue weighted by Crippen LogP contribution is 2.23. The minimum atomic E-state index is -0.897. The van der Waals surface area contributed by atoms with Gasteiger partial charge in [0.2, 0.25) is 0 Å². The number of nitrogens with one attached hydrogen (secondary N) is 1. The second-order valence-corrected chi connectivity index (χ2v) is 6.98. The zero-order valence-electron chi connectivity index (χ0n) is 13.6. The molecule has 0 saturated carbocycles. The highest BCUT2D eigenvalue weighted by atomic mass is 79.9. The third kappa shape index (κ3) is 4.85. The number of thioether (sulfide) groups is 1. The van der Waals surface area contributed by atoms with E-state index in [1.165, 1.54) is 0 Å². The molecule has 2 rings (SSSR count). The molecule has 1 N–H and O–H groups in total. The molecule has 0 spiro atoms. The van der Waals surface area contributed by atoms with Crippen LogP contribution in [0.1, 0.15) is 22.8 Å². The van der Waals surface area contributed by atoms with E-state index in [4.69, 9.17) is 4.74 Å². The van der Waals surface area contributed by atoms with Gasteiger partial charge in [0.05, 0.1) is 11.3 Å². The number of halogens is 1. The van der Waals surface area contributed by atoms with E-state index in [0.717, 1.165) is 14.9 Å². The molecule has 2 aromatic rings. The number of esters is 1. The van der Waals surface area contributed by atoms with Crippen LogP contribution >= 0.6 is 27.7 Å². The molecule has 0 heterocycles. The van der Waals surface area contributed by atoms with E-state index in [9.17, 15) is 9.59 Å². The van der Waals surface area contributed by atoms with Crippen LogP contribution in [0.5, 0.6) is 0 Å². The lowest BCUT2D eigenvalue weighted by molar-refractivity contribution is -0.123. The first kappa shape index (κ1) is 18.5. The Labute approximate surface area is 154 Å². The van der Waals surface area contributed by atoms with Crippen LogP contribution in [-0.4, -0.2) is 24.2 Å². The molecule has 0 unspecified atom stereocenters. The maximum atomic E-state index is 12.2. The molecule has 126 valence electrons. The Morgan fingerprint density at radius 1 is 1.17 bits per heavy atom. The van der Waals surface area contributed by atoms with Gasteiger partial charge >= 0.3 is 5.97 Å².